The Balaban J connectivity index is 1.94. The highest BCUT2D eigenvalue weighted by Gasteiger charge is 2.57. The van der Waals surface area contributed by atoms with Crippen LogP contribution >= 0.6 is 11.8 Å². The third-order valence-electron chi connectivity index (χ3n) is 3.36. The maximum absolute atomic E-state index is 9.05. The molecule has 0 radical (unpaired) electrons. The van der Waals surface area contributed by atoms with Gasteiger partial charge in [0.1, 0.15) is 4.75 Å². The minimum atomic E-state index is 0.0230. The summed E-state index contributed by atoms with van der Waals surface area (Å²) in [6, 6.07) is 2.50. The van der Waals surface area contributed by atoms with Crippen molar-refractivity contribution in [1.29, 1.82) is 5.26 Å². The van der Waals surface area contributed by atoms with Crippen LogP contribution in [0.3, 0.4) is 0 Å². The van der Waals surface area contributed by atoms with Crippen molar-refractivity contribution in [1.82, 2.24) is 0 Å². The van der Waals surface area contributed by atoms with Crippen LogP contribution in [-0.4, -0.2) is 10.5 Å². The van der Waals surface area contributed by atoms with E-state index >= 15 is 0 Å². The summed E-state index contributed by atoms with van der Waals surface area (Å²) in [7, 11) is 0. The van der Waals surface area contributed by atoms with E-state index in [0.717, 1.165) is 5.75 Å². The molecule has 2 saturated carbocycles. The predicted octanol–water partition coefficient (Wildman–Crippen LogP) is 2.97. The topological polar surface area (TPSA) is 23.8 Å². The SMILES string of the molecule is CCSC1(C#N)CC2(CCC2)C1. The van der Waals surface area contributed by atoms with Gasteiger partial charge in [0.15, 0.2) is 0 Å². The summed E-state index contributed by atoms with van der Waals surface area (Å²) in [5.74, 6) is 1.09. The number of thioether (sulfide) groups is 1. The van der Waals surface area contributed by atoms with E-state index in [9.17, 15) is 0 Å². The molecule has 2 aliphatic carbocycles. The van der Waals surface area contributed by atoms with Crippen molar-refractivity contribution < 1.29 is 0 Å². The number of nitrogens with zero attached hydrogens (tertiary/aromatic N) is 1. The van der Waals surface area contributed by atoms with E-state index in [4.69, 9.17) is 5.26 Å². The normalized spacial score (nSPS) is 28.7. The van der Waals surface area contributed by atoms with Gasteiger partial charge in [-0.05, 0) is 36.9 Å². The van der Waals surface area contributed by atoms with Crippen molar-refractivity contribution in [3.05, 3.63) is 0 Å². The number of nitriles is 1. The van der Waals surface area contributed by atoms with Crippen molar-refractivity contribution in [2.24, 2.45) is 5.41 Å². The molecule has 0 unspecified atom stereocenters. The van der Waals surface area contributed by atoms with Gasteiger partial charge in [0, 0.05) is 0 Å². The van der Waals surface area contributed by atoms with Crippen molar-refractivity contribution in [2.75, 3.05) is 5.75 Å². The van der Waals surface area contributed by atoms with E-state index in [1.54, 1.807) is 0 Å². The summed E-state index contributed by atoms with van der Waals surface area (Å²) in [4.78, 5) is 0. The van der Waals surface area contributed by atoms with Gasteiger partial charge >= 0.3 is 0 Å². The second-order valence-electron chi connectivity index (χ2n) is 4.25. The van der Waals surface area contributed by atoms with Crippen molar-refractivity contribution in [3.63, 3.8) is 0 Å². The molecule has 0 amide bonds. The lowest BCUT2D eigenvalue weighted by molar-refractivity contribution is 0.0153. The monoisotopic (exact) mass is 181 g/mol. The Hall–Kier alpha value is -0.160. The quantitative estimate of drug-likeness (QED) is 0.654. The lowest BCUT2D eigenvalue weighted by atomic mass is 9.52. The Labute approximate surface area is 78.5 Å². The van der Waals surface area contributed by atoms with Gasteiger partial charge in [-0.1, -0.05) is 13.3 Å². The van der Waals surface area contributed by atoms with Gasteiger partial charge in [0.25, 0.3) is 0 Å². The zero-order valence-electron chi connectivity index (χ0n) is 7.60. The molecular formula is C10H15NS. The third kappa shape index (κ3) is 1.07. The number of hydrogen-bond acceptors (Lipinski definition) is 2. The molecule has 0 heterocycles. The molecule has 0 atom stereocenters. The van der Waals surface area contributed by atoms with Crippen molar-refractivity contribution in [2.45, 2.75) is 43.8 Å². The predicted molar refractivity (Wildman–Crippen MR) is 52.0 cm³/mol. The molecule has 2 aliphatic rings. The second kappa shape index (κ2) is 2.67. The van der Waals surface area contributed by atoms with Gasteiger partial charge in [0.2, 0.25) is 0 Å². The molecule has 0 saturated heterocycles. The molecule has 0 bridgehead atoms. The largest absolute Gasteiger partial charge is 0.197 e. The van der Waals surface area contributed by atoms with Gasteiger partial charge in [-0.3, -0.25) is 0 Å². The highest BCUT2D eigenvalue weighted by Crippen LogP contribution is 2.64. The van der Waals surface area contributed by atoms with Crippen LogP contribution in [0.4, 0.5) is 0 Å². The van der Waals surface area contributed by atoms with Crippen LogP contribution in [0.1, 0.15) is 39.0 Å². The van der Waals surface area contributed by atoms with Gasteiger partial charge < -0.3 is 0 Å². The fraction of sp³-hybridized carbons (Fsp3) is 0.900. The minimum absolute atomic E-state index is 0.0230. The highest BCUT2D eigenvalue weighted by molar-refractivity contribution is 8.00. The zero-order valence-corrected chi connectivity index (χ0v) is 8.41. The molecule has 66 valence electrons. The van der Waals surface area contributed by atoms with Crippen molar-refractivity contribution in [3.8, 4) is 6.07 Å². The van der Waals surface area contributed by atoms with Gasteiger partial charge in [-0.15, -0.1) is 11.8 Å². The second-order valence-corrected chi connectivity index (χ2v) is 5.89. The van der Waals surface area contributed by atoms with Gasteiger partial charge in [-0.25, -0.2) is 0 Å². The molecular weight excluding hydrogens is 166 g/mol. The first-order valence-electron chi connectivity index (χ1n) is 4.79. The van der Waals surface area contributed by atoms with Gasteiger partial charge in [0.05, 0.1) is 6.07 Å². The average Bonchev–Trinajstić information content (AvgIpc) is 1.92. The number of rotatable bonds is 2. The Kier molecular flexibility index (Phi) is 1.88. The Morgan fingerprint density at radius 1 is 1.42 bits per heavy atom. The Morgan fingerprint density at radius 3 is 2.42 bits per heavy atom. The molecule has 1 spiro atoms. The summed E-state index contributed by atoms with van der Waals surface area (Å²) >= 11 is 1.86. The lowest BCUT2D eigenvalue weighted by Gasteiger charge is -2.57. The van der Waals surface area contributed by atoms with E-state index in [1.165, 1.54) is 32.1 Å². The molecule has 2 rings (SSSR count). The van der Waals surface area contributed by atoms with Crippen LogP contribution in [0.25, 0.3) is 0 Å². The van der Waals surface area contributed by atoms with Gasteiger partial charge in [-0.2, -0.15) is 5.26 Å². The van der Waals surface area contributed by atoms with E-state index in [1.807, 2.05) is 11.8 Å². The maximum Gasteiger partial charge on any atom is 0.103 e. The van der Waals surface area contributed by atoms with Crippen LogP contribution in [0.15, 0.2) is 0 Å². The first kappa shape index (κ1) is 8.44. The molecule has 12 heavy (non-hydrogen) atoms. The highest BCUT2D eigenvalue weighted by atomic mass is 32.2. The first-order valence-corrected chi connectivity index (χ1v) is 5.78. The molecule has 2 fully saturated rings. The smallest absolute Gasteiger partial charge is 0.103 e. The molecule has 0 aromatic carbocycles. The maximum atomic E-state index is 9.05. The summed E-state index contributed by atoms with van der Waals surface area (Å²) in [6.45, 7) is 2.15. The van der Waals surface area contributed by atoms with Crippen LogP contribution in [0.5, 0.6) is 0 Å². The molecule has 0 N–H and O–H groups in total. The fourth-order valence-electron chi connectivity index (χ4n) is 2.68. The Morgan fingerprint density at radius 2 is 2.08 bits per heavy atom. The first-order chi connectivity index (χ1) is 5.74. The Bertz CT molecular complexity index is 216. The molecule has 0 aromatic rings. The third-order valence-corrected chi connectivity index (χ3v) is 4.58. The van der Waals surface area contributed by atoms with Crippen LogP contribution in [0.2, 0.25) is 0 Å². The molecule has 1 nitrogen and oxygen atoms in total. The summed E-state index contributed by atoms with van der Waals surface area (Å²) in [5.41, 5.74) is 0.637. The average molecular weight is 181 g/mol. The van der Waals surface area contributed by atoms with E-state index in [0.29, 0.717) is 5.41 Å². The fourth-order valence-corrected chi connectivity index (χ4v) is 4.11. The summed E-state index contributed by atoms with van der Waals surface area (Å²) in [5, 5.41) is 9.05. The number of hydrogen-bond donors (Lipinski definition) is 0. The van der Waals surface area contributed by atoms with Crippen LogP contribution < -0.4 is 0 Å². The molecule has 0 aromatic heterocycles. The zero-order chi connectivity index (χ0) is 8.66. The van der Waals surface area contributed by atoms with Crippen LogP contribution in [0, 0.1) is 16.7 Å². The lowest BCUT2D eigenvalue weighted by Crippen LogP contribution is -2.52. The van der Waals surface area contributed by atoms with Crippen molar-refractivity contribution >= 4 is 11.8 Å². The summed E-state index contributed by atoms with van der Waals surface area (Å²) in [6.07, 6.45) is 6.53. The van der Waals surface area contributed by atoms with Crippen LogP contribution in [-0.2, 0) is 0 Å². The van der Waals surface area contributed by atoms with E-state index < -0.39 is 0 Å². The van der Waals surface area contributed by atoms with E-state index in [2.05, 4.69) is 13.0 Å². The standard InChI is InChI=1S/C10H15NS/c1-2-12-10(8-11)6-9(7-10)4-3-5-9/h2-7H2,1H3. The summed E-state index contributed by atoms with van der Waals surface area (Å²) < 4.78 is 0.0230. The minimum Gasteiger partial charge on any atom is -0.197 e. The molecule has 0 aliphatic heterocycles. The molecule has 2 heteroatoms. The van der Waals surface area contributed by atoms with E-state index in [-0.39, 0.29) is 4.75 Å².